The average Bonchev–Trinajstić information content (AvgIpc) is 3.02. The molecule has 0 radical (unpaired) electrons. The molecule has 238 valence electrons. The van der Waals surface area contributed by atoms with E-state index in [0.29, 0.717) is 13.2 Å². The maximum Gasteiger partial charge on any atom is 0.329 e. The van der Waals surface area contributed by atoms with Gasteiger partial charge >= 0.3 is 8.60 Å². The van der Waals surface area contributed by atoms with Gasteiger partial charge in [-0.15, -0.1) is 0 Å². The van der Waals surface area contributed by atoms with E-state index in [-0.39, 0.29) is 0 Å². The Morgan fingerprint density at radius 1 is 0.357 bits per heavy atom. The molecule has 2 aromatic rings. The molecular formula is C38H63O3P. The first-order valence-electron chi connectivity index (χ1n) is 17.7. The molecule has 2 aromatic carbocycles. The Labute approximate surface area is 261 Å². The predicted molar refractivity (Wildman–Crippen MR) is 183 cm³/mol. The molecule has 0 saturated carbocycles. The van der Waals surface area contributed by atoms with Gasteiger partial charge in [0.05, 0.1) is 13.2 Å². The van der Waals surface area contributed by atoms with E-state index in [1.165, 1.54) is 152 Å². The van der Waals surface area contributed by atoms with Crippen LogP contribution >= 0.6 is 8.60 Å². The summed E-state index contributed by atoms with van der Waals surface area (Å²) in [6.45, 7) is 1.25. The predicted octanol–water partition coefficient (Wildman–Crippen LogP) is 12.3. The van der Waals surface area contributed by atoms with E-state index in [4.69, 9.17) is 9.05 Å². The molecular weight excluding hydrogens is 535 g/mol. The van der Waals surface area contributed by atoms with Crippen LogP contribution in [0.15, 0.2) is 60.7 Å². The number of hydrogen-bond donors (Lipinski definition) is 1. The third-order valence-electron chi connectivity index (χ3n) is 8.31. The quantitative estimate of drug-likeness (QED) is 0.0718. The van der Waals surface area contributed by atoms with Crippen LogP contribution in [-0.2, 0) is 21.9 Å². The third-order valence-corrected chi connectivity index (χ3v) is 9.12. The fourth-order valence-corrected chi connectivity index (χ4v) is 6.30. The van der Waals surface area contributed by atoms with E-state index in [1.807, 2.05) is 0 Å². The van der Waals surface area contributed by atoms with E-state index >= 15 is 0 Å². The Kier molecular flexibility index (Phi) is 25.1. The summed E-state index contributed by atoms with van der Waals surface area (Å²) < 4.78 is 11.0. The molecule has 42 heavy (non-hydrogen) atoms. The van der Waals surface area contributed by atoms with Gasteiger partial charge in [0.2, 0.25) is 0 Å². The summed E-state index contributed by atoms with van der Waals surface area (Å²) in [6.07, 6.45) is 31.3. The van der Waals surface area contributed by atoms with Crippen molar-refractivity contribution in [2.45, 2.75) is 154 Å². The van der Waals surface area contributed by atoms with Crippen LogP contribution in [0.5, 0.6) is 0 Å². The van der Waals surface area contributed by atoms with Gasteiger partial charge in [-0.2, -0.15) is 0 Å². The summed E-state index contributed by atoms with van der Waals surface area (Å²) in [5, 5.41) is 0. The number of hydrogen-bond acceptors (Lipinski definition) is 3. The van der Waals surface area contributed by atoms with Gasteiger partial charge in [-0.05, 0) is 49.7 Å². The second kappa shape index (κ2) is 28.5. The van der Waals surface area contributed by atoms with Gasteiger partial charge in [-0.3, -0.25) is 0 Å². The first-order valence-corrected chi connectivity index (χ1v) is 18.8. The van der Waals surface area contributed by atoms with Gasteiger partial charge in [0.1, 0.15) is 0 Å². The van der Waals surface area contributed by atoms with Crippen LogP contribution in [0, 0.1) is 0 Å². The lowest BCUT2D eigenvalue weighted by molar-refractivity contribution is 0.193. The first kappa shape index (κ1) is 36.9. The van der Waals surface area contributed by atoms with Crippen molar-refractivity contribution >= 4 is 8.60 Å². The molecule has 0 heterocycles. The van der Waals surface area contributed by atoms with E-state index in [1.54, 1.807) is 0 Å². The molecule has 0 aliphatic carbocycles. The Hall–Kier alpha value is -1.25. The Morgan fingerprint density at radius 3 is 0.929 bits per heavy atom. The monoisotopic (exact) mass is 598 g/mol. The molecule has 1 N–H and O–H groups in total. The van der Waals surface area contributed by atoms with Crippen molar-refractivity contribution in [3.63, 3.8) is 0 Å². The molecule has 0 aliphatic heterocycles. The van der Waals surface area contributed by atoms with Crippen LogP contribution in [0.25, 0.3) is 0 Å². The lowest BCUT2D eigenvalue weighted by atomic mass is 10.0. The highest BCUT2D eigenvalue weighted by Gasteiger charge is 2.06. The van der Waals surface area contributed by atoms with Gasteiger partial charge in [-0.25, -0.2) is 0 Å². The summed E-state index contributed by atoms with van der Waals surface area (Å²) in [5.74, 6) is 0. The molecule has 0 unspecified atom stereocenters. The van der Waals surface area contributed by atoms with E-state index in [2.05, 4.69) is 60.7 Å². The summed E-state index contributed by atoms with van der Waals surface area (Å²) in [6, 6.07) is 21.7. The van der Waals surface area contributed by atoms with E-state index in [0.717, 1.165) is 12.8 Å². The van der Waals surface area contributed by atoms with Gasteiger partial charge in [0.25, 0.3) is 0 Å². The average molecular weight is 599 g/mol. The Morgan fingerprint density at radius 2 is 0.619 bits per heavy atom. The zero-order valence-corrected chi connectivity index (χ0v) is 27.8. The van der Waals surface area contributed by atoms with Gasteiger partial charge in [0, 0.05) is 0 Å². The van der Waals surface area contributed by atoms with Crippen molar-refractivity contribution in [2.24, 2.45) is 0 Å². The number of aryl methyl sites for hydroxylation is 2. The van der Waals surface area contributed by atoms with E-state index < -0.39 is 8.60 Å². The third kappa shape index (κ3) is 23.2. The van der Waals surface area contributed by atoms with Crippen LogP contribution in [0.4, 0.5) is 0 Å². The van der Waals surface area contributed by atoms with Crippen molar-refractivity contribution in [1.82, 2.24) is 0 Å². The summed E-state index contributed by atoms with van der Waals surface area (Å²) in [5.41, 5.74) is 2.95. The van der Waals surface area contributed by atoms with E-state index in [9.17, 15) is 4.89 Å². The van der Waals surface area contributed by atoms with Crippen LogP contribution in [-0.4, -0.2) is 18.1 Å². The summed E-state index contributed by atoms with van der Waals surface area (Å²) >= 11 is 0. The topological polar surface area (TPSA) is 38.7 Å². The molecule has 0 aliphatic rings. The minimum absolute atomic E-state index is 0.623. The minimum Gasteiger partial charge on any atom is -0.328 e. The van der Waals surface area contributed by atoms with Crippen LogP contribution < -0.4 is 0 Å². The SMILES string of the molecule is OP(OCCCCCCCCCCCCCc1ccccc1)OCCCCCCCCCCCCCc1ccccc1. The zero-order chi connectivity index (χ0) is 29.6. The molecule has 0 atom stereocenters. The standard InChI is InChI=1S/C38H63O3P/c39-42(40-35-27-17-13-9-5-1-3-7-11-15-21-29-37-31-23-19-24-32-37)41-36-28-18-14-10-6-2-4-8-12-16-22-30-38-33-25-20-26-34-38/h19-20,23-26,31-34,39H,1-18,21-22,27-30,35-36H2. The van der Waals surface area contributed by atoms with Crippen LogP contribution in [0.3, 0.4) is 0 Å². The molecule has 3 nitrogen and oxygen atoms in total. The molecule has 0 spiro atoms. The van der Waals surface area contributed by atoms with Gasteiger partial charge in [0.15, 0.2) is 0 Å². The van der Waals surface area contributed by atoms with Crippen LogP contribution in [0.1, 0.15) is 152 Å². The molecule has 2 rings (SSSR count). The van der Waals surface area contributed by atoms with Gasteiger partial charge < -0.3 is 13.9 Å². The summed E-state index contributed by atoms with van der Waals surface area (Å²) in [7, 11) is -1.69. The smallest absolute Gasteiger partial charge is 0.328 e. The first-order chi connectivity index (χ1) is 20.8. The van der Waals surface area contributed by atoms with Gasteiger partial charge in [-0.1, -0.05) is 176 Å². The highest BCUT2D eigenvalue weighted by atomic mass is 31.2. The van der Waals surface area contributed by atoms with Crippen molar-refractivity contribution in [3.05, 3.63) is 71.8 Å². The highest BCUT2D eigenvalue weighted by molar-refractivity contribution is 7.40. The van der Waals surface area contributed by atoms with Crippen molar-refractivity contribution in [1.29, 1.82) is 0 Å². The normalized spacial score (nSPS) is 11.5. The second-order valence-corrected chi connectivity index (χ2v) is 13.1. The van der Waals surface area contributed by atoms with Crippen LogP contribution in [0.2, 0.25) is 0 Å². The largest absolute Gasteiger partial charge is 0.329 e. The number of unbranched alkanes of at least 4 members (excludes halogenated alkanes) is 20. The number of benzene rings is 2. The lowest BCUT2D eigenvalue weighted by Crippen LogP contribution is -1.95. The maximum absolute atomic E-state index is 9.94. The molecule has 0 saturated heterocycles. The fraction of sp³-hybridized carbons (Fsp3) is 0.684. The minimum atomic E-state index is -1.69. The molecule has 0 bridgehead atoms. The molecule has 4 heteroatoms. The second-order valence-electron chi connectivity index (χ2n) is 12.2. The summed E-state index contributed by atoms with van der Waals surface area (Å²) in [4.78, 5) is 9.94. The van der Waals surface area contributed by atoms with Crippen molar-refractivity contribution in [2.75, 3.05) is 13.2 Å². The Balaban J connectivity index is 1.19. The zero-order valence-electron chi connectivity index (χ0n) is 26.9. The maximum atomic E-state index is 9.94. The highest BCUT2D eigenvalue weighted by Crippen LogP contribution is 2.33. The molecule has 0 fully saturated rings. The fourth-order valence-electron chi connectivity index (χ4n) is 5.66. The Bertz CT molecular complexity index is 733. The van der Waals surface area contributed by atoms with Crippen molar-refractivity contribution < 1.29 is 13.9 Å². The number of rotatable bonds is 30. The van der Waals surface area contributed by atoms with Crippen molar-refractivity contribution in [3.8, 4) is 0 Å². The lowest BCUT2D eigenvalue weighted by Gasteiger charge is -2.10. The molecule has 0 aromatic heterocycles. The molecule has 0 amide bonds.